The van der Waals surface area contributed by atoms with Gasteiger partial charge in [-0.1, -0.05) is 19.3 Å². The smallest absolute Gasteiger partial charge is 0.320 e. The van der Waals surface area contributed by atoms with Gasteiger partial charge in [-0.15, -0.1) is 0 Å². The average molecular weight is 241 g/mol. The van der Waals surface area contributed by atoms with Crippen LogP contribution in [-0.4, -0.2) is 47.8 Å². The highest BCUT2D eigenvalue weighted by Gasteiger charge is 2.38. The number of aliphatic carboxylic acids is 1. The quantitative estimate of drug-likeness (QED) is 0.819. The third-order valence-electron chi connectivity index (χ3n) is 4.23. The number of likely N-dealkylation sites (tertiary alicyclic amines) is 1. The molecule has 1 aliphatic heterocycles. The van der Waals surface area contributed by atoms with Gasteiger partial charge in [0.1, 0.15) is 6.04 Å². The summed E-state index contributed by atoms with van der Waals surface area (Å²) in [6.07, 6.45) is 7.75. The van der Waals surface area contributed by atoms with Crippen LogP contribution in [0.1, 0.15) is 44.9 Å². The van der Waals surface area contributed by atoms with Crippen LogP contribution in [0.4, 0.5) is 0 Å². The summed E-state index contributed by atoms with van der Waals surface area (Å²) < 4.78 is 5.55. The first-order valence-electron chi connectivity index (χ1n) is 6.75. The molecule has 1 aliphatic carbocycles. The van der Waals surface area contributed by atoms with Crippen LogP contribution in [0, 0.1) is 0 Å². The Morgan fingerprint density at radius 3 is 2.59 bits per heavy atom. The van der Waals surface area contributed by atoms with E-state index < -0.39 is 5.97 Å². The van der Waals surface area contributed by atoms with Gasteiger partial charge in [0.15, 0.2) is 0 Å². The molecule has 1 saturated carbocycles. The summed E-state index contributed by atoms with van der Waals surface area (Å²) in [5.74, 6) is -0.662. The van der Waals surface area contributed by atoms with E-state index in [1.165, 1.54) is 12.8 Å². The molecule has 3 atom stereocenters. The number of hydrogen-bond acceptors (Lipinski definition) is 3. The second-order valence-corrected chi connectivity index (χ2v) is 5.21. The molecule has 4 heteroatoms. The SMILES string of the molecule is COC1CCCCC1N1CCCCC1C(=O)O. The fourth-order valence-corrected chi connectivity index (χ4v) is 3.35. The maximum absolute atomic E-state index is 11.3. The van der Waals surface area contributed by atoms with E-state index in [2.05, 4.69) is 4.90 Å². The van der Waals surface area contributed by atoms with E-state index >= 15 is 0 Å². The molecule has 4 nitrogen and oxygen atoms in total. The number of methoxy groups -OCH3 is 1. The number of hydrogen-bond donors (Lipinski definition) is 1. The molecule has 2 aliphatic rings. The number of nitrogens with zero attached hydrogens (tertiary/aromatic N) is 1. The van der Waals surface area contributed by atoms with Crippen molar-refractivity contribution in [3.05, 3.63) is 0 Å². The molecule has 0 aromatic carbocycles. The second-order valence-electron chi connectivity index (χ2n) is 5.21. The zero-order valence-electron chi connectivity index (χ0n) is 10.6. The minimum Gasteiger partial charge on any atom is -0.480 e. The lowest BCUT2D eigenvalue weighted by atomic mass is 9.88. The van der Waals surface area contributed by atoms with Crippen LogP contribution in [0.2, 0.25) is 0 Å². The largest absolute Gasteiger partial charge is 0.480 e. The van der Waals surface area contributed by atoms with Crippen molar-refractivity contribution in [1.29, 1.82) is 0 Å². The first-order chi connectivity index (χ1) is 8.24. The van der Waals surface area contributed by atoms with E-state index in [0.29, 0.717) is 6.04 Å². The highest BCUT2D eigenvalue weighted by atomic mass is 16.5. The fraction of sp³-hybridized carbons (Fsp3) is 0.923. The highest BCUT2D eigenvalue weighted by molar-refractivity contribution is 5.73. The molecule has 2 rings (SSSR count). The summed E-state index contributed by atoms with van der Waals surface area (Å²) in [7, 11) is 1.75. The van der Waals surface area contributed by atoms with Crippen molar-refractivity contribution in [2.45, 2.75) is 63.1 Å². The summed E-state index contributed by atoms with van der Waals surface area (Å²) in [4.78, 5) is 13.5. The molecule has 98 valence electrons. The monoisotopic (exact) mass is 241 g/mol. The Balaban J connectivity index is 2.08. The van der Waals surface area contributed by atoms with Crippen molar-refractivity contribution in [2.75, 3.05) is 13.7 Å². The first kappa shape index (κ1) is 12.8. The fourth-order valence-electron chi connectivity index (χ4n) is 3.35. The normalized spacial score (nSPS) is 35.7. The molecule has 0 aromatic rings. The molecule has 1 saturated heterocycles. The van der Waals surface area contributed by atoms with Crippen LogP contribution in [-0.2, 0) is 9.53 Å². The number of carboxylic acids is 1. The summed E-state index contributed by atoms with van der Waals surface area (Å²) in [5.41, 5.74) is 0. The van der Waals surface area contributed by atoms with Gasteiger partial charge in [0.05, 0.1) is 6.10 Å². The molecule has 0 radical (unpaired) electrons. The minimum atomic E-state index is -0.662. The Hall–Kier alpha value is -0.610. The van der Waals surface area contributed by atoms with E-state index in [0.717, 1.165) is 38.6 Å². The Bertz CT molecular complexity index is 269. The summed E-state index contributed by atoms with van der Waals surface area (Å²) in [6, 6.07) is 0.0275. The third-order valence-corrected chi connectivity index (χ3v) is 4.23. The van der Waals surface area contributed by atoms with E-state index in [1.54, 1.807) is 7.11 Å². The lowest BCUT2D eigenvalue weighted by Gasteiger charge is -2.44. The first-order valence-corrected chi connectivity index (χ1v) is 6.75. The van der Waals surface area contributed by atoms with Gasteiger partial charge in [0.2, 0.25) is 0 Å². The molecule has 2 fully saturated rings. The molecule has 17 heavy (non-hydrogen) atoms. The van der Waals surface area contributed by atoms with Crippen LogP contribution in [0.25, 0.3) is 0 Å². The summed E-state index contributed by atoms with van der Waals surface area (Å²) in [5, 5.41) is 9.32. The third kappa shape index (κ3) is 2.80. The zero-order valence-corrected chi connectivity index (χ0v) is 10.6. The highest BCUT2D eigenvalue weighted by Crippen LogP contribution is 2.30. The van der Waals surface area contributed by atoms with Crippen LogP contribution >= 0.6 is 0 Å². The van der Waals surface area contributed by atoms with E-state index in [1.807, 2.05) is 0 Å². The number of carbonyl (C=O) groups is 1. The predicted octanol–water partition coefficient (Wildman–Crippen LogP) is 1.88. The molecular formula is C13H23NO3. The van der Waals surface area contributed by atoms with Crippen LogP contribution in [0.3, 0.4) is 0 Å². The van der Waals surface area contributed by atoms with Crippen molar-refractivity contribution in [2.24, 2.45) is 0 Å². The van der Waals surface area contributed by atoms with E-state index in [4.69, 9.17) is 4.74 Å². The van der Waals surface area contributed by atoms with Gasteiger partial charge in [-0.2, -0.15) is 0 Å². The Morgan fingerprint density at radius 2 is 1.88 bits per heavy atom. The lowest BCUT2D eigenvalue weighted by Crippen LogP contribution is -2.55. The number of piperidine rings is 1. The molecule has 0 spiro atoms. The van der Waals surface area contributed by atoms with Crippen molar-refractivity contribution < 1.29 is 14.6 Å². The van der Waals surface area contributed by atoms with Gasteiger partial charge in [-0.05, 0) is 32.2 Å². The molecule has 3 unspecified atom stereocenters. The maximum Gasteiger partial charge on any atom is 0.320 e. The van der Waals surface area contributed by atoms with Gasteiger partial charge in [-0.25, -0.2) is 0 Å². The van der Waals surface area contributed by atoms with Gasteiger partial charge < -0.3 is 9.84 Å². The van der Waals surface area contributed by atoms with Crippen molar-refractivity contribution in [1.82, 2.24) is 4.90 Å². The molecule has 0 amide bonds. The molecule has 1 N–H and O–H groups in total. The summed E-state index contributed by atoms with van der Waals surface area (Å²) in [6.45, 7) is 0.918. The van der Waals surface area contributed by atoms with Crippen molar-refractivity contribution in [3.8, 4) is 0 Å². The van der Waals surface area contributed by atoms with Crippen LogP contribution < -0.4 is 0 Å². The van der Waals surface area contributed by atoms with Gasteiger partial charge >= 0.3 is 5.97 Å². The lowest BCUT2D eigenvalue weighted by molar-refractivity contribution is -0.148. The van der Waals surface area contributed by atoms with Crippen LogP contribution in [0.5, 0.6) is 0 Å². The average Bonchev–Trinajstić information content (AvgIpc) is 2.38. The van der Waals surface area contributed by atoms with Gasteiger partial charge in [0, 0.05) is 13.2 Å². The maximum atomic E-state index is 11.3. The molecular weight excluding hydrogens is 218 g/mol. The topological polar surface area (TPSA) is 49.8 Å². The number of rotatable bonds is 3. The minimum absolute atomic E-state index is 0.226. The molecule has 0 aromatic heterocycles. The van der Waals surface area contributed by atoms with E-state index in [-0.39, 0.29) is 12.1 Å². The Labute approximate surface area is 103 Å². The number of ether oxygens (including phenoxy) is 1. The van der Waals surface area contributed by atoms with E-state index in [9.17, 15) is 9.90 Å². The van der Waals surface area contributed by atoms with Crippen molar-refractivity contribution >= 4 is 5.97 Å². The molecule has 1 heterocycles. The second kappa shape index (κ2) is 5.83. The van der Waals surface area contributed by atoms with Gasteiger partial charge in [0.25, 0.3) is 0 Å². The Kier molecular flexibility index (Phi) is 4.40. The standard InChI is InChI=1S/C13H23NO3/c1-17-12-8-3-2-6-10(12)14-9-5-4-7-11(14)13(15)16/h10-12H,2-9H2,1H3,(H,15,16). The Morgan fingerprint density at radius 1 is 1.18 bits per heavy atom. The zero-order chi connectivity index (χ0) is 12.3. The van der Waals surface area contributed by atoms with Crippen LogP contribution in [0.15, 0.2) is 0 Å². The summed E-state index contributed by atoms with van der Waals surface area (Å²) >= 11 is 0. The molecule has 0 bridgehead atoms. The van der Waals surface area contributed by atoms with Crippen molar-refractivity contribution in [3.63, 3.8) is 0 Å². The van der Waals surface area contributed by atoms with Gasteiger partial charge in [-0.3, -0.25) is 9.69 Å². The predicted molar refractivity (Wildman–Crippen MR) is 65.0 cm³/mol. The number of carboxylic acid groups (broad SMARTS) is 1.